The van der Waals surface area contributed by atoms with Crippen LogP contribution in [0.1, 0.15) is 46.9 Å². The van der Waals surface area contributed by atoms with Crippen molar-refractivity contribution in [2.45, 2.75) is 37.8 Å². The van der Waals surface area contributed by atoms with Gasteiger partial charge in [-0.3, -0.25) is 4.90 Å². The number of fused-ring (bicyclic) bond motifs is 1. The Hall–Kier alpha value is -0.490. The Labute approximate surface area is 126 Å². The van der Waals surface area contributed by atoms with E-state index in [-0.39, 0.29) is 0 Å². The van der Waals surface area contributed by atoms with Gasteiger partial charge in [0.2, 0.25) is 0 Å². The first-order chi connectivity index (χ1) is 9.69. The van der Waals surface area contributed by atoms with E-state index in [0.717, 1.165) is 13.0 Å². The molecule has 5 heteroatoms. The molecule has 0 radical (unpaired) electrons. The summed E-state index contributed by atoms with van der Waals surface area (Å²) in [5, 5.41) is 4.78. The molecule has 0 aromatic carbocycles. The minimum atomic E-state index is 0.468. The maximum absolute atomic E-state index is 5.01. The lowest BCUT2D eigenvalue weighted by atomic mass is 9.98. The normalized spacial score (nSPS) is 29.1. The van der Waals surface area contributed by atoms with Crippen molar-refractivity contribution in [2.24, 2.45) is 0 Å². The Morgan fingerprint density at radius 1 is 1.25 bits per heavy atom. The molecule has 1 aromatic heterocycles. The molecule has 112 valence electrons. The van der Waals surface area contributed by atoms with Crippen molar-refractivity contribution < 1.29 is 0 Å². The molecule has 0 amide bonds. The number of nitrogens with zero attached hydrogens (tertiary/aromatic N) is 3. The number of hydrogen-bond acceptors (Lipinski definition) is 5. The molecular weight excluding hydrogens is 268 g/mol. The minimum absolute atomic E-state index is 0.468. The van der Waals surface area contributed by atoms with E-state index in [9.17, 15) is 0 Å². The van der Waals surface area contributed by atoms with Gasteiger partial charge in [0, 0.05) is 17.5 Å². The van der Waals surface area contributed by atoms with Crippen LogP contribution in [0.15, 0.2) is 0 Å². The number of aryl methyl sites for hydroxylation is 1. The molecule has 0 bridgehead atoms. The fraction of sp³-hybridized carbons (Fsp3) is 0.800. The third-order valence-electron chi connectivity index (χ3n) is 4.67. The quantitative estimate of drug-likeness (QED) is 0.904. The summed E-state index contributed by atoms with van der Waals surface area (Å²) >= 11 is 1.95. The molecule has 2 heterocycles. The molecule has 1 fully saturated rings. The molecule has 20 heavy (non-hydrogen) atoms. The van der Waals surface area contributed by atoms with Crippen LogP contribution < -0.4 is 5.32 Å². The van der Waals surface area contributed by atoms with Gasteiger partial charge < -0.3 is 10.2 Å². The fourth-order valence-electron chi connectivity index (χ4n) is 3.39. The lowest BCUT2D eigenvalue weighted by Gasteiger charge is -2.25. The topological polar surface area (TPSA) is 31.4 Å². The molecular formula is C15H26N4S. The second-order valence-electron chi connectivity index (χ2n) is 6.21. The van der Waals surface area contributed by atoms with E-state index in [1.165, 1.54) is 47.9 Å². The van der Waals surface area contributed by atoms with E-state index in [4.69, 9.17) is 4.98 Å². The maximum Gasteiger partial charge on any atom is 0.112 e. The van der Waals surface area contributed by atoms with Gasteiger partial charge >= 0.3 is 0 Å². The summed E-state index contributed by atoms with van der Waals surface area (Å²) in [6, 6.07) is 0.995. The van der Waals surface area contributed by atoms with Gasteiger partial charge in [0.1, 0.15) is 5.01 Å². The highest BCUT2D eigenvalue weighted by atomic mass is 32.1. The van der Waals surface area contributed by atoms with E-state index in [2.05, 4.69) is 36.3 Å². The molecule has 0 spiro atoms. The van der Waals surface area contributed by atoms with Gasteiger partial charge in [0.15, 0.2) is 0 Å². The van der Waals surface area contributed by atoms with Crippen molar-refractivity contribution in [3.05, 3.63) is 15.6 Å². The monoisotopic (exact) mass is 294 g/mol. The van der Waals surface area contributed by atoms with Gasteiger partial charge in [-0.05, 0) is 59.9 Å². The van der Waals surface area contributed by atoms with Gasteiger partial charge in [-0.2, -0.15) is 0 Å². The largest absolute Gasteiger partial charge is 0.312 e. The van der Waals surface area contributed by atoms with Gasteiger partial charge in [-0.25, -0.2) is 4.98 Å². The summed E-state index contributed by atoms with van der Waals surface area (Å²) in [5.74, 6) is 0. The van der Waals surface area contributed by atoms with Crippen LogP contribution in [0.3, 0.4) is 0 Å². The first kappa shape index (κ1) is 14.4. The number of rotatable bonds is 2. The first-order valence-corrected chi connectivity index (χ1v) is 8.56. The third kappa shape index (κ3) is 2.77. The van der Waals surface area contributed by atoms with Crippen molar-refractivity contribution in [3.8, 4) is 0 Å². The highest BCUT2D eigenvalue weighted by Crippen LogP contribution is 2.37. The van der Waals surface area contributed by atoms with Crippen LogP contribution >= 0.6 is 11.3 Å². The number of thiazole rings is 1. The molecule has 4 nitrogen and oxygen atoms in total. The van der Waals surface area contributed by atoms with Crippen LogP contribution in [-0.4, -0.2) is 55.6 Å². The molecule has 1 aliphatic heterocycles. The maximum atomic E-state index is 5.01. The third-order valence-corrected chi connectivity index (χ3v) is 5.98. The summed E-state index contributed by atoms with van der Waals surface area (Å²) in [4.78, 5) is 11.4. The zero-order valence-corrected chi connectivity index (χ0v) is 13.7. The predicted octanol–water partition coefficient (Wildman–Crippen LogP) is 2.05. The van der Waals surface area contributed by atoms with Crippen LogP contribution in [0.2, 0.25) is 0 Å². The van der Waals surface area contributed by atoms with Crippen LogP contribution in [0.5, 0.6) is 0 Å². The highest BCUT2D eigenvalue weighted by molar-refractivity contribution is 7.12. The molecule has 2 unspecified atom stereocenters. The second kappa shape index (κ2) is 6.10. The molecule has 2 atom stereocenters. The average Bonchev–Trinajstić information content (AvgIpc) is 2.80. The number of aromatic nitrogens is 1. The summed E-state index contributed by atoms with van der Waals surface area (Å²) in [7, 11) is 6.56. The zero-order chi connectivity index (χ0) is 14.1. The molecule has 1 N–H and O–H groups in total. The Morgan fingerprint density at radius 2 is 2.10 bits per heavy atom. The van der Waals surface area contributed by atoms with E-state index >= 15 is 0 Å². The summed E-state index contributed by atoms with van der Waals surface area (Å²) < 4.78 is 0. The molecule has 1 aromatic rings. The smallest absolute Gasteiger partial charge is 0.112 e. The van der Waals surface area contributed by atoms with Crippen molar-refractivity contribution in [1.29, 1.82) is 0 Å². The van der Waals surface area contributed by atoms with Crippen LogP contribution in [0, 0.1) is 0 Å². The number of nitrogens with one attached hydrogen (secondary N) is 1. The van der Waals surface area contributed by atoms with Crippen molar-refractivity contribution >= 4 is 11.3 Å². The first-order valence-electron chi connectivity index (χ1n) is 7.74. The number of hydrogen-bond donors (Lipinski definition) is 1. The second-order valence-corrected chi connectivity index (χ2v) is 7.27. The van der Waals surface area contributed by atoms with Crippen LogP contribution in [0.25, 0.3) is 0 Å². The summed E-state index contributed by atoms with van der Waals surface area (Å²) in [5.41, 5.74) is 1.36. The molecule has 1 saturated heterocycles. The van der Waals surface area contributed by atoms with E-state index < -0.39 is 0 Å². The Morgan fingerprint density at radius 3 is 2.90 bits per heavy atom. The van der Waals surface area contributed by atoms with Gasteiger partial charge in [0.05, 0.1) is 11.7 Å². The van der Waals surface area contributed by atoms with Gasteiger partial charge in [0.25, 0.3) is 0 Å². The van der Waals surface area contributed by atoms with Crippen molar-refractivity contribution in [3.63, 3.8) is 0 Å². The number of likely N-dealkylation sites (N-methyl/N-ethyl adjacent to an activating group) is 2. The summed E-state index contributed by atoms with van der Waals surface area (Å²) in [6.45, 7) is 3.48. The van der Waals surface area contributed by atoms with Crippen molar-refractivity contribution in [1.82, 2.24) is 20.1 Å². The molecule has 0 saturated carbocycles. The SMILES string of the molecule is CNC1CCCc2nc(C3CN(C)CCCN3C)sc21. The Balaban J connectivity index is 1.88. The standard InChI is InChI=1S/C15H26N4S/c1-16-11-6-4-7-12-14(11)20-15(17-12)13-10-18(2)8-5-9-19(13)3/h11,13,16H,4-10H2,1-3H3. The average molecular weight is 294 g/mol. The van der Waals surface area contributed by atoms with Crippen molar-refractivity contribution in [2.75, 3.05) is 40.8 Å². The van der Waals surface area contributed by atoms with E-state index in [0.29, 0.717) is 12.1 Å². The van der Waals surface area contributed by atoms with Gasteiger partial charge in [-0.1, -0.05) is 0 Å². The Kier molecular flexibility index (Phi) is 4.40. The predicted molar refractivity (Wildman–Crippen MR) is 84.3 cm³/mol. The summed E-state index contributed by atoms with van der Waals surface area (Å²) in [6.07, 6.45) is 4.94. The molecule has 2 aliphatic rings. The molecule has 3 rings (SSSR count). The molecule has 1 aliphatic carbocycles. The lowest BCUT2D eigenvalue weighted by Crippen LogP contribution is -2.30. The lowest BCUT2D eigenvalue weighted by molar-refractivity contribution is 0.228. The van der Waals surface area contributed by atoms with E-state index in [1.54, 1.807) is 0 Å². The van der Waals surface area contributed by atoms with Crippen LogP contribution in [0.4, 0.5) is 0 Å². The Bertz CT molecular complexity index is 459. The fourth-order valence-corrected chi connectivity index (χ4v) is 4.81. The van der Waals surface area contributed by atoms with E-state index in [1.807, 2.05) is 11.3 Å². The zero-order valence-electron chi connectivity index (χ0n) is 12.9. The highest BCUT2D eigenvalue weighted by Gasteiger charge is 2.29. The minimum Gasteiger partial charge on any atom is -0.312 e. The van der Waals surface area contributed by atoms with Crippen LogP contribution in [-0.2, 0) is 6.42 Å². The van der Waals surface area contributed by atoms with Gasteiger partial charge in [-0.15, -0.1) is 11.3 Å².